The summed E-state index contributed by atoms with van der Waals surface area (Å²) in [4.78, 5) is 11.6. The van der Waals surface area contributed by atoms with E-state index in [4.69, 9.17) is 9.47 Å². The summed E-state index contributed by atoms with van der Waals surface area (Å²) in [6.07, 6.45) is 4.30. The van der Waals surface area contributed by atoms with Crippen molar-refractivity contribution in [1.82, 2.24) is 10.0 Å². The Bertz CT molecular complexity index is 317. The van der Waals surface area contributed by atoms with Gasteiger partial charge in [0.05, 0.1) is 0 Å². The van der Waals surface area contributed by atoms with Crippen LogP contribution in [0.5, 0.6) is 0 Å². The van der Waals surface area contributed by atoms with Gasteiger partial charge in [0.2, 0.25) is 0 Å². The first-order valence-electron chi connectivity index (χ1n) is 6.42. The van der Waals surface area contributed by atoms with Crippen LogP contribution in [0.2, 0.25) is 0 Å². The van der Waals surface area contributed by atoms with E-state index in [0.717, 1.165) is 25.7 Å². The van der Waals surface area contributed by atoms with Gasteiger partial charge in [-0.3, -0.25) is 5.01 Å². The zero-order valence-electron chi connectivity index (χ0n) is 10.9. The molecule has 7 heteroatoms. The van der Waals surface area contributed by atoms with Gasteiger partial charge in [0.25, 0.3) is 0 Å². The van der Waals surface area contributed by atoms with Gasteiger partial charge in [-0.05, 0) is 37.8 Å². The number of rotatable bonds is 3. The predicted octanol–water partition coefficient (Wildman–Crippen LogP) is 2.31. The molecule has 0 radical (unpaired) electrons. The van der Waals surface area contributed by atoms with Crippen molar-refractivity contribution in [2.24, 2.45) is 10.4 Å². The van der Waals surface area contributed by atoms with Crippen molar-refractivity contribution >= 4 is 6.16 Å². The molecule has 0 amide bonds. The minimum absolute atomic E-state index is 0.0151. The summed E-state index contributed by atoms with van der Waals surface area (Å²) in [5, 5.41) is 10.9. The molecule has 0 bridgehead atoms. The van der Waals surface area contributed by atoms with Crippen molar-refractivity contribution < 1.29 is 14.3 Å². The topological polar surface area (TPSA) is 66.7 Å². The lowest BCUT2D eigenvalue weighted by atomic mass is 9.98. The third-order valence-corrected chi connectivity index (χ3v) is 3.16. The molecule has 2 aliphatic rings. The Labute approximate surface area is 107 Å². The van der Waals surface area contributed by atoms with Crippen LogP contribution in [-0.4, -0.2) is 42.2 Å². The normalized spacial score (nSPS) is 22.1. The third-order valence-electron chi connectivity index (χ3n) is 3.16. The standard InChI is InChI=1S/C11H20N4O3/c1-9(15-8-14(2)12-13-15)17-11(16)18-10-6-4-3-5-7-10/h9-10H,3-8H2,1-2H3. The molecule has 18 heavy (non-hydrogen) atoms. The maximum atomic E-state index is 11.6. The van der Waals surface area contributed by atoms with Gasteiger partial charge in [0.1, 0.15) is 12.8 Å². The summed E-state index contributed by atoms with van der Waals surface area (Å²) in [6.45, 7) is 2.26. The van der Waals surface area contributed by atoms with Gasteiger partial charge in [0.15, 0.2) is 6.23 Å². The number of ether oxygens (including phenoxy) is 2. The number of carbonyl (C=O) groups excluding carboxylic acids is 1. The van der Waals surface area contributed by atoms with Crippen molar-refractivity contribution in [2.45, 2.75) is 51.4 Å². The monoisotopic (exact) mass is 256 g/mol. The van der Waals surface area contributed by atoms with Crippen LogP contribution in [0.25, 0.3) is 0 Å². The Morgan fingerprint density at radius 3 is 2.61 bits per heavy atom. The molecular weight excluding hydrogens is 236 g/mol. The molecular formula is C11H20N4O3. The second kappa shape index (κ2) is 5.88. The van der Waals surface area contributed by atoms with E-state index in [1.807, 2.05) is 0 Å². The van der Waals surface area contributed by atoms with Crippen LogP contribution < -0.4 is 0 Å². The second-order valence-electron chi connectivity index (χ2n) is 4.76. The average molecular weight is 256 g/mol. The lowest BCUT2D eigenvalue weighted by Crippen LogP contribution is -2.35. The highest BCUT2D eigenvalue weighted by atomic mass is 16.7. The Balaban J connectivity index is 1.71. The Morgan fingerprint density at radius 1 is 1.28 bits per heavy atom. The first kappa shape index (κ1) is 12.9. The van der Waals surface area contributed by atoms with Crippen molar-refractivity contribution in [3.8, 4) is 0 Å². The molecule has 1 unspecified atom stereocenters. The van der Waals surface area contributed by atoms with E-state index in [1.54, 1.807) is 24.0 Å². The molecule has 1 aliphatic heterocycles. The van der Waals surface area contributed by atoms with Crippen LogP contribution in [0, 0.1) is 0 Å². The molecule has 7 nitrogen and oxygen atoms in total. The van der Waals surface area contributed by atoms with Crippen molar-refractivity contribution in [1.29, 1.82) is 0 Å². The summed E-state index contributed by atoms with van der Waals surface area (Å²) in [5.74, 6) is 0. The molecule has 1 fully saturated rings. The van der Waals surface area contributed by atoms with E-state index >= 15 is 0 Å². The zero-order valence-corrected chi connectivity index (χ0v) is 10.9. The minimum atomic E-state index is -0.612. The molecule has 0 saturated heterocycles. The summed E-state index contributed by atoms with van der Waals surface area (Å²) < 4.78 is 10.4. The van der Waals surface area contributed by atoms with Crippen LogP contribution in [0.4, 0.5) is 4.79 Å². The maximum Gasteiger partial charge on any atom is 0.510 e. The second-order valence-corrected chi connectivity index (χ2v) is 4.76. The molecule has 0 aromatic rings. The highest BCUT2D eigenvalue weighted by Gasteiger charge is 2.24. The summed E-state index contributed by atoms with van der Waals surface area (Å²) >= 11 is 0. The number of hydrogen-bond acceptors (Lipinski definition) is 7. The molecule has 0 spiro atoms. The molecule has 1 heterocycles. The lowest BCUT2D eigenvalue weighted by Gasteiger charge is -2.24. The van der Waals surface area contributed by atoms with Gasteiger partial charge in [-0.15, -0.1) is 0 Å². The Hall–Kier alpha value is -1.53. The molecule has 2 rings (SSSR count). The Kier molecular flexibility index (Phi) is 4.22. The van der Waals surface area contributed by atoms with E-state index in [0.29, 0.717) is 6.67 Å². The number of nitrogens with zero attached hydrogens (tertiary/aromatic N) is 4. The average Bonchev–Trinajstić information content (AvgIpc) is 2.77. The van der Waals surface area contributed by atoms with Crippen LogP contribution in [-0.2, 0) is 9.47 Å². The molecule has 1 atom stereocenters. The van der Waals surface area contributed by atoms with Crippen LogP contribution in [0.15, 0.2) is 10.4 Å². The smallest absolute Gasteiger partial charge is 0.431 e. The fourth-order valence-electron chi connectivity index (χ4n) is 2.12. The Morgan fingerprint density at radius 2 is 2.00 bits per heavy atom. The van der Waals surface area contributed by atoms with E-state index < -0.39 is 12.4 Å². The molecule has 0 N–H and O–H groups in total. The van der Waals surface area contributed by atoms with Gasteiger partial charge in [0, 0.05) is 7.05 Å². The highest BCUT2D eigenvalue weighted by molar-refractivity contribution is 5.60. The van der Waals surface area contributed by atoms with E-state index in [9.17, 15) is 4.79 Å². The van der Waals surface area contributed by atoms with E-state index in [1.165, 1.54) is 6.42 Å². The van der Waals surface area contributed by atoms with Crippen molar-refractivity contribution in [2.75, 3.05) is 13.7 Å². The molecule has 1 saturated carbocycles. The quantitative estimate of drug-likeness (QED) is 0.725. The zero-order chi connectivity index (χ0) is 13.0. The fourth-order valence-corrected chi connectivity index (χ4v) is 2.12. The molecule has 0 aromatic heterocycles. The number of carbonyl (C=O) groups is 1. The van der Waals surface area contributed by atoms with Gasteiger partial charge < -0.3 is 9.47 Å². The van der Waals surface area contributed by atoms with Gasteiger partial charge >= 0.3 is 6.16 Å². The lowest BCUT2D eigenvalue weighted by molar-refractivity contribution is -0.0575. The maximum absolute atomic E-state index is 11.6. The molecule has 102 valence electrons. The predicted molar refractivity (Wildman–Crippen MR) is 63.2 cm³/mol. The number of hydrogen-bond donors (Lipinski definition) is 0. The summed E-state index contributed by atoms with van der Waals surface area (Å²) in [6, 6.07) is 0. The highest BCUT2D eigenvalue weighted by Crippen LogP contribution is 2.21. The van der Waals surface area contributed by atoms with Crippen molar-refractivity contribution in [3.63, 3.8) is 0 Å². The largest absolute Gasteiger partial charge is 0.510 e. The molecule has 0 aromatic carbocycles. The fraction of sp³-hybridized carbons (Fsp3) is 0.909. The van der Waals surface area contributed by atoms with Gasteiger partial charge in [-0.1, -0.05) is 11.6 Å². The van der Waals surface area contributed by atoms with Gasteiger partial charge in [-0.2, -0.15) is 0 Å². The van der Waals surface area contributed by atoms with Crippen LogP contribution >= 0.6 is 0 Å². The summed E-state index contributed by atoms with van der Waals surface area (Å²) in [7, 11) is 1.80. The van der Waals surface area contributed by atoms with Crippen LogP contribution in [0.3, 0.4) is 0 Å². The van der Waals surface area contributed by atoms with E-state index in [2.05, 4.69) is 10.4 Å². The first-order chi connectivity index (χ1) is 8.65. The molecule has 1 aliphatic carbocycles. The first-order valence-corrected chi connectivity index (χ1v) is 6.42. The van der Waals surface area contributed by atoms with E-state index in [-0.39, 0.29) is 6.10 Å². The van der Waals surface area contributed by atoms with Crippen molar-refractivity contribution in [3.05, 3.63) is 0 Å². The summed E-state index contributed by atoms with van der Waals surface area (Å²) in [5.41, 5.74) is 0. The van der Waals surface area contributed by atoms with Gasteiger partial charge in [-0.25, -0.2) is 9.80 Å². The van der Waals surface area contributed by atoms with Crippen LogP contribution in [0.1, 0.15) is 39.0 Å². The SMILES string of the molecule is CC(OC(=O)OC1CCCCC1)N1CN(C)N=N1. The minimum Gasteiger partial charge on any atom is -0.431 e. The third kappa shape index (κ3) is 3.48.